The van der Waals surface area contributed by atoms with Gasteiger partial charge in [-0.15, -0.1) is 10.2 Å². The summed E-state index contributed by atoms with van der Waals surface area (Å²) in [5.41, 5.74) is 4.28. The highest BCUT2D eigenvalue weighted by molar-refractivity contribution is 7.85. The van der Waals surface area contributed by atoms with Gasteiger partial charge in [0.25, 0.3) is 16.0 Å². The van der Waals surface area contributed by atoms with E-state index >= 15 is 0 Å². The highest BCUT2D eigenvalue weighted by Crippen LogP contribution is 2.30. The normalized spacial score (nSPS) is 11.8. The molecule has 0 fully saturated rings. The monoisotopic (exact) mass is 976 g/mol. The zero-order valence-electron chi connectivity index (χ0n) is 39.5. The maximum Gasteiger partial charge on any atom is 0.294 e. The summed E-state index contributed by atoms with van der Waals surface area (Å²) in [6, 6.07) is 33.4. The lowest BCUT2D eigenvalue weighted by atomic mass is 9.86. The van der Waals surface area contributed by atoms with Crippen molar-refractivity contribution in [3.8, 4) is 28.3 Å². The fourth-order valence-electron chi connectivity index (χ4n) is 7.15. The van der Waals surface area contributed by atoms with Crippen molar-refractivity contribution < 1.29 is 41.5 Å². The predicted octanol–water partition coefficient (Wildman–Crippen LogP) is 7.23. The van der Waals surface area contributed by atoms with Gasteiger partial charge in [0.15, 0.2) is 11.6 Å². The average Bonchev–Trinajstić information content (AvgIpc) is 3.84. The minimum absolute atomic E-state index is 0.0151. The molecule has 20 heteroatoms. The first kappa shape index (κ1) is 52.5. The van der Waals surface area contributed by atoms with Gasteiger partial charge in [-0.05, 0) is 83.5 Å². The molecule has 3 heterocycles. The lowest BCUT2D eigenvalue weighted by Crippen LogP contribution is -2.32. The molecule has 0 aliphatic carbocycles. The summed E-state index contributed by atoms with van der Waals surface area (Å²) in [4.78, 5) is 34.0. The van der Waals surface area contributed by atoms with Gasteiger partial charge in [0.2, 0.25) is 11.8 Å². The predicted molar refractivity (Wildman–Crippen MR) is 261 cm³/mol. The molecule has 3 aromatic heterocycles. The molecule has 19 nitrogen and oxygen atoms in total. The van der Waals surface area contributed by atoms with Gasteiger partial charge in [-0.25, -0.2) is 14.6 Å². The molecule has 2 amide bonds. The number of hydrogen-bond donors (Lipinski definition) is 3. The molecule has 0 aliphatic rings. The van der Waals surface area contributed by atoms with Crippen molar-refractivity contribution in [2.75, 3.05) is 59.3 Å². The molecule has 370 valence electrons. The number of hydrogen-bond acceptors (Lipinski definition) is 15. The van der Waals surface area contributed by atoms with Crippen molar-refractivity contribution >= 4 is 27.8 Å². The van der Waals surface area contributed by atoms with E-state index in [1.54, 1.807) is 16.8 Å². The number of ether oxygens (including phenoxy) is 4. The Bertz CT molecular complexity index is 2630. The fraction of sp³-hybridized carbons (Fsp3) is 0.380. The number of carbonyl (C=O) groups is 2. The molecule has 6 rings (SSSR count). The number of nitrogens with one attached hydrogen (secondary N) is 2. The Balaban J connectivity index is 0.759. The van der Waals surface area contributed by atoms with E-state index in [0.717, 1.165) is 41.6 Å². The molecule has 0 radical (unpaired) electrons. The van der Waals surface area contributed by atoms with Crippen molar-refractivity contribution in [2.24, 2.45) is 10.2 Å². The zero-order chi connectivity index (χ0) is 49.4. The van der Waals surface area contributed by atoms with Crippen molar-refractivity contribution in [3.63, 3.8) is 0 Å². The molecule has 0 saturated carbocycles. The third-order valence-corrected chi connectivity index (χ3v) is 11.8. The first-order valence-electron chi connectivity index (χ1n) is 23.2. The minimum Gasteiger partial charge on any atom is -0.478 e. The number of rotatable bonds is 30. The lowest BCUT2D eigenvalue weighted by molar-refractivity contribution is -0.122. The van der Waals surface area contributed by atoms with Crippen molar-refractivity contribution in [1.82, 2.24) is 40.8 Å². The molecule has 6 aromatic rings. The van der Waals surface area contributed by atoms with Crippen LogP contribution in [0.25, 0.3) is 22.4 Å². The fourth-order valence-corrected chi connectivity index (χ4v) is 7.86. The van der Waals surface area contributed by atoms with E-state index in [2.05, 4.69) is 73.4 Å². The van der Waals surface area contributed by atoms with Gasteiger partial charge in [0.1, 0.15) is 6.54 Å². The van der Waals surface area contributed by atoms with E-state index in [0.29, 0.717) is 95.0 Å². The molecule has 0 saturated heterocycles. The molecule has 0 spiro atoms. The van der Waals surface area contributed by atoms with Gasteiger partial charge in [-0.1, -0.05) is 92.7 Å². The van der Waals surface area contributed by atoms with Gasteiger partial charge in [-0.2, -0.15) is 13.5 Å². The number of pyridine rings is 2. The van der Waals surface area contributed by atoms with E-state index < -0.39 is 10.1 Å². The number of tetrazole rings is 1. The Kier molecular flexibility index (Phi) is 20.5. The van der Waals surface area contributed by atoms with Crippen LogP contribution in [0.5, 0.6) is 5.88 Å². The largest absolute Gasteiger partial charge is 0.478 e. The highest BCUT2D eigenvalue weighted by Gasteiger charge is 2.28. The van der Waals surface area contributed by atoms with Gasteiger partial charge in [-0.3, -0.25) is 14.1 Å². The maximum atomic E-state index is 12.8. The summed E-state index contributed by atoms with van der Waals surface area (Å²) in [6.07, 6.45) is 5.07. The summed E-state index contributed by atoms with van der Waals surface area (Å²) in [7, 11) is -4.38. The molecule has 70 heavy (non-hydrogen) atoms. The molecule has 3 aromatic carbocycles. The molecule has 0 atom stereocenters. The van der Waals surface area contributed by atoms with Crippen molar-refractivity contribution in [3.05, 3.63) is 132 Å². The lowest BCUT2D eigenvalue weighted by Gasteiger charge is -2.23. The van der Waals surface area contributed by atoms with Gasteiger partial charge < -0.3 is 29.6 Å². The van der Waals surface area contributed by atoms with Crippen LogP contribution in [0.1, 0.15) is 67.7 Å². The van der Waals surface area contributed by atoms with Crippen LogP contribution < -0.4 is 15.4 Å². The van der Waals surface area contributed by atoms with E-state index in [-0.39, 0.29) is 41.0 Å². The summed E-state index contributed by atoms with van der Waals surface area (Å²) in [6.45, 7) is 7.96. The van der Waals surface area contributed by atoms with Crippen LogP contribution in [0.15, 0.2) is 131 Å². The number of aromatic nitrogens is 6. The van der Waals surface area contributed by atoms with Crippen LogP contribution in [-0.4, -0.2) is 114 Å². The SMILES string of the molecule is CC(C)(CCCCOc1cc(-c2ccccc2)cc(-c2ccccc2)n1)c1nnnn1CC(=O)NCCCOCCOCCOCCCNC(=O)c1ccc(N=NCc2ccccc2S(=O)(=O)O)nc1. The third-order valence-electron chi connectivity index (χ3n) is 10.8. The summed E-state index contributed by atoms with van der Waals surface area (Å²) in [5.74, 6) is 0.985. The van der Waals surface area contributed by atoms with Crippen LogP contribution in [-0.2, 0) is 47.6 Å². The molecular formula is C50H60N10O9S. The Morgan fingerprint density at radius 2 is 1.39 bits per heavy atom. The average molecular weight is 977 g/mol. The van der Waals surface area contributed by atoms with Crippen LogP contribution in [0.3, 0.4) is 0 Å². The van der Waals surface area contributed by atoms with Crippen molar-refractivity contribution in [2.45, 2.75) is 69.4 Å². The number of unbranched alkanes of at least 4 members (excludes halogenated alkanes) is 1. The summed E-state index contributed by atoms with van der Waals surface area (Å²) >= 11 is 0. The first-order chi connectivity index (χ1) is 34.0. The first-order valence-corrected chi connectivity index (χ1v) is 24.6. The smallest absolute Gasteiger partial charge is 0.294 e. The Morgan fingerprint density at radius 3 is 2.07 bits per heavy atom. The number of amides is 2. The quantitative estimate of drug-likeness (QED) is 0.0229. The Labute approximate surface area is 408 Å². The van der Waals surface area contributed by atoms with Crippen LogP contribution in [0.4, 0.5) is 5.82 Å². The van der Waals surface area contributed by atoms with Gasteiger partial charge >= 0.3 is 0 Å². The van der Waals surface area contributed by atoms with E-state index in [9.17, 15) is 22.6 Å². The maximum absolute atomic E-state index is 12.8. The Hall–Kier alpha value is -6.84. The second-order valence-electron chi connectivity index (χ2n) is 16.7. The second kappa shape index (κ2) is 27.4. The standard InChI is InChI=1S/C50H60N10O9S/c1-50(2,23-11-12-28-69-47-34-42(38-15-5-3-6-16-38)33-43(55-47)39-17-7-4-8-18-39)49-57-58-59-60(49)37-46(61)51-24-13-26-66-29-31-68-32-30-67-27-14-25-52-48(62)41-21-22-45(53-35-41)56-54-36-40-19-9-10-20-44(40)70(63,64)65/h3-10,15-22,33-35H,11-14,23-32,36-37H2,1-2H3,(H,51,61)(H,52,62)(H,63,64,65). The van der Waals surface area contributed by atoms with Crippen LogP contribution in [0, 0.1) is 0 Å². The minimum atomic E-state index is -4.38. The number of nitrogens with zero attached hydrogens (tertiary/aromatic N) is 8. The van der Waals surface area contributed by atoms with E-state index in [1.807, 2.05) is 54.6 Å². The Morgan fingerprint density at radius 1 is 0.729 bits per heavy atom. The number of azo groups is 1. The van der Waals surface area contributed by atoms with Gasteiger partial charge in [0, 0.05) is 49.5 Å². The van der Waals surface area contributed by atoms with Crippen LogP contribution in [0.2, 0.25) is 0 Å². The van der Waals surface area contributed by atoms with Crippen LogP contribution >= 0.6 is 0 Å². The zero-order valence-corrected chi connectivity index (χ0v) is 40.3. The van der Waals surface area contributed by atoms with E-state index in [4.69, 9.17) is 23.9 Å². The molecule has 0 unspecified atom stereocenters. The molecule has 0 aliphatic heterocycles. The van der Waals surface area contributed by atoms with Crippen molar-refractivity contribution in [1.29, 1.82) is 0 Å². The van der Waals surface area contributed by atoms with Gasteiger partial charge in [0.05, 0.1) is 55.7 Å². The molecular weight excluding hydrogens is 917 g/mol. The summed E-state index contributed by atoms with van der Waals surface area (Å²) in [5, 5.41) is 25.9. The summed E-state index contributed by atoms with van der Waals surface area (Å²) < 4.78 is 57.0. The topological polar surface area (TPSA) is 244 Å². The molecule has 0 bridgehead atoms. The molecule has 3 N–H and O–H groups in total. The highest BCUT2D eigenvalue weighted by atomic mass is 32.2. The number of benzene rings is 3. The van der Waals surface area contributed by atoms with E-state index in [1.165, 1.54) is 30.5 Å². The number of carbonyl (C=O) groups excluding carboxylic acids is 2. The third kappa shape index (κ3) is 17.3. The second-order valence-corrected chi connectivity index (χ2v) is 18.1.